The molecule has 88 valence electrons. The second-order valence-corrected chi connectivity index (χ2v) is 4.38. The van der Waals surface area contributed by atoms with E-state index in [1.165, 1.54) is 0 Å². The number of aryl methyl sites for hydroxylation is 1. The number of ether oxygens (including phenoxy) is 1. The Balaban J connectivity index is 2.84. The van der Waals surface area contributed by atoms with Gasteiger partial charge in [-0.05, 0) is 30.0 Å². The van der Waals surface area contributed by atoms with Gasteiger partial charge in [-0.25, -0.2) is 0 Å². The maximum Gasteiger partial charge on any atom is 0.169 e. The van der Waals surface area contributed by atoms with Gasteiger partial charge in [0.2, 0.25) is 0 Å². The van der Waals surface area contributed by atoms with Crippen LogP contribution in [0.15, 0.2) is 18.2 Å². The normalized spacial score (nSPS) is 10.6. The lowest BCUT2D eigenvalue weighted by atomic mass is 10.0. The standard InChI is InChI=1S/C14H20O2/c1-5-12(15)9-16-14-8-11(4)6-7-13(14)10(2)3/h6-8,10H,5,9H2,1-4H3. The quantitative estimate of drug-likeness (QED) is 0.759. The maximum absolute atomic E-state index is 11.2. The summed E-state index contributed by atoms with van der Waals surface area (Å²) in [4.78, 5) is 11.2. The molecule has 0 bridgehead atoms. The van der Waals surface area contributed by atoms with E-state index in [0.717, 1.165) is 16.9 Å². The molecule has 0 atom stereocenters. The lowest BCUT2D eigenvalue weighted by Gasteiger charge is -2.14. The highest BCUT2D eigenvalue weighted by Gasteiger charge is 2.09. The van der Waals surface area contributed by atoms with Gasteiger partial charge in [-0.1, -0.05) is 32.9 Å². The Labute approximate surface area is 97.6 Å². The van der Waals surface area contributed by atoms with Gasteiger partial charge in [0.1, 0.15) is 12.4 Å². The Hall–Kier alpha value is -1.31. The minimum absolute atomic E-state index is 0.135. The van der Waals surface area contributed by atoms with Crippen molar-refractivity contribution in [1.29, 1.82) is 0 Å². The number of ketones is 1. The van der Waals surface area contributed by atoms with Crippen LogP contribution in [0.25, 0.3) is 0 Å². The molecule has 2 nitrogen and oxygen atoms in total. The van der Waals surface area contributed by atoms with Crippen molar-refractivity contribution >= 4 is 5.78 Å². The highest BCUT2D eigenvalue weighted by atomic mass is 16.5. The van der Waals surface area contributed by atoms with Gasteiger partial charge in [-0.2, -0.15) is 0 Å². The summed E-state index contributed by atoms with van der Waals surface area (Å²) in [5, 5.41) is 0. The molecular weight excluding hydrogens is 200 g/mol. The van der Waals surface area contributed by atoms with Gasteiger partial charge in [-0.15, -0.1) is 0 Å². The molecule has 0 N–H and O–H groups in total. The first-order chi connectivity index (χ1) is 7.54. The Kier molecular flexibility index (Phi) is 4.53. The minimum Gasteiger partial charge on any atom is -0.486 e. The topological polar surface area (TPSA) is 26.3 Å². The molecule has 1 aromatic carbocycles. The van der Waals surface area contributed by atoms with E-state index >= 15 is 0 Å². The monoisotopic (exact) mass is 220 g/mol. The van der Waals surface area contributed by atoms with Crippen molar-refractivity contribution in [2.45, 2.75) is 40.0 Å². The van der Waals surface area contributed by atoms with Crippen molar-refractivity contribution in [2.24, 2.45) is 0 Å². The molecule has 1 aromatic rings. The van der Waals surface area contributed by atoms with Crippen molar-refractivity contribution in [2.75, 3.05) is 6.61 Å². The average Bonchev–Trinajstić information content (AvgIpc) is 2.25. The predicted octanol–water partition coefficient (Wildman–Crippen LogP) is 3.48. The molecule has 1 rings (SSSR count). The second kappa shape index (κ2) is 5.69. The number of hydrogen-bond acceptors (Lipinski definition) is 2. The number of rotatable bonds is 5. The van der Waals surface area contributed by atoms with Gasteiger partial charge >= 0.3 is 0 Å². The molecule has 0 aromatic heterocycles. The predicted molar refractivity (Wildman–Crippen MR) is 66.1 cm³/mol. The highest BCUT2D eigenvalue weighted by Crippen LogP contribution is 2.27. The number of benzene rings is 1. The third-order valence-electron chi connectivity index (χ3n) is 2.57. The van der Waals surface area contributed by atoms with Crippen molar-refractivity contribution in [3.63, 3.8) is 0 Å². The molecule has 0 aliphatic carbocycles. The Morgan fingerprint density at radius 1 is 1.38 bits per heavy atom. The van der Waals surface area contributed by atoms with Crippen molar-refractivity contribution in [3.8, 4) is 5.75 Å². The molecule has 0 aliphatic rings. The average molecular weight is 220 g/mol. The van der Waals surface area contributed by atoms with Crippen LogP contribution in [0.2, 0.25) is 0 Å². The third-order valence-corrected chi connectivity index (χ3v) is 2.57. The zero-order valence-corrected chi connectivity index (χ0v) is 10.5. The Morgan fingerprint density at radius 2 is 2.06 bits per heavy atom. The van der Waals surface area contributed by atoms with E-state index in [2.05, 4.69) is 26.0 Å². The van der Waals surface area contributed by atoms with E-state index in [1.54, 1.807) is 0 Å². The van der Waals surface area contributed by atoms with E-state index < -0.39 is 0 Å². The second-order valence-electron chi connectivity index (χ2n) is 4.38. The van der Waals surface area contributed by atoms with Crippen molar-refractivity contribution in [3.05, 3.63) is 29.3 Å². The SMILES string of the molecule is CCC(=O)COc1cc(C)ccc1C(C)C. The molecule has 0 unspecified atom stereocenters. The fraction of sp³-hybridized carbons (Fsp3) is 0.500. The van der Waals surface area contributed by atoms with Crippen LogP contribution in [-0.4, -0.2) is 12.4 Å². The molecule has 2 heteroatoms. The molecule has 0 spiro atoms. The molecule has 0 amide bonds. The van der Waals surface area contributed by atoms with Crippen LogP contribution >= 0.6 is 0 Å². The van der Waals surface area contributed by atoms with E-state index in [-0.39, 0.29) is 12.4 Å². The number of carbonyl (C=O) groups is 1. The molecule has 0 aliphatic heterocycles. The lowest BCUT2D eigenvalue weighted by Crippen LogP contribution is -2.11. The highest BCUT2D eigenvalue weighted by molar-refractivity contribution is 5.79. The summed E-state index contributed by atoms with van der Waals surface area (Å²) in [6, 6.07) is 6.15. The Morgan fingerprint density at radius 3 is 2.62 bits per heavy atom. The summed E-state index contributed by atoms with van der Waals surface area (Å²) in [5.74, 6) is 1.39. The van der Waals surface area contributed by atoms with Gasteiger partial charge in [0.15, 0.2) is 5.78 Å². The number of carbonyl (C=O) groups excluding carboxylic acids is 1. The summed E-state index contributed by atoms with van der Waals surface area (Å²) in [7, 11) is 0. The zero-order valence-electron chi connectivity index (χ0n) is 10.5. The van der Waals surface area contributed by atoms with E-state index in [4.69, 9.17) is 4.74 Å². The first-order valence-corrected chi connectivity index (χ1v) is 5.79. The van der Waals surface area contributed by atoms with Crippen LogP contribution in [-0.2, 0) is 4.79 Å². The smallest absolute Gasteiger partial charge is 0.169 e. The molecule has 16 heavy (non-hydrogen) atoms. The first kappa shape index (κ1) is 12.8. The van der Waals surface area contributed by atoms with Crippen molar-refractivity contribution < 1.29 is 9.53 Å². The maximum atomic E-state index is 11.2. The van der Waals surface area contributed by atoms with Gasteiger partial charge in [0, 0.05) is 6.42 Å². The summed E-state index contributed by atoms with van der Waals surface area (Å²) >= 11 is 0. The van der Waals surface area contributed by atoms with Crippen LogP contribution in [0, 0.1) is 6.92 Å². The fourth-order valence-electron chi connectivity index (χ4n) is 1.50. The molecular formula is C14H20O2. The minimum atomic E-state index is 0.135. The van der Waals surface area contributed by atoms with Crippen LogP contribution < -0.4 is 4.74 Å². The van der Waals surface area contributed by atoms with Gasteiger partial charge in [-0.3, -0.25) is 4.79 Å². The summed E-state index contributed by atoms with van der Waals surface area (Å²) in [6.45, 7) is 8.31. The Bertz CT molecular complexity index is 367. The lowest BCUT2D eigenvalue weighted by molar-refractivity contribution is -0.120. The molecule has 0 saturated carbocycles. The fourth-order valence-corrected chi connectivity index (χ4v) is 1.50. The third kappa shape index (κ3) is 3.37. The zero-order chi connectivity index (χ0) is 12.1. The van der Waals surface area contributed by atoms with Crippen LogP contribution in [0.4, 0.5) is 0 Å². The summed E-state index contributed by atoms with van der Waals surface area (Å²) < 4.78 is 5.58. The molecule has 0 fully saturated rings. The van der Waals surface area contributed by atoms with E-state index in [0.29, 0.717) is 12.3 Å². The van der Waals surface area contributed by atoms with Crippen LogP contribution in [0.1, 0.15) is 44.2 Å². The number of hydrogen-bond donors (Lipinski definition) is 0. The van der Waals surface area contributed by atoms with E-state index in [1.807, 2.05) is 19.9 Å². The van der Waals surface area contributed by atoms with Crippen LogP contribution in [0.5, 0.6) is 5.75 Å². The van der Waals surface area contributed by atoms with Crippen molar-refractivity contribution in [1.82, 2.24) is 0 Å². The summed E-state index contributed by atoms with van der Waals surface area (Å²) in [5.41, 5.74) is 2.32. The van der Waals surface area contributed by atoms with Gasteiger partial charge < -0.3 is 4.74 Å². The summed E-state index contributed by atoms with van der Waals surface area (Å²) in [6.07, 6.45) is 0.531. The number of Topliss-reactive ketones (excluding diaryl/α,β-unsaturated/α-hetero) is 1. The molecule has 0 heterocycles. The van der Waals surface area contributed by atoms with E-state index in [9.17, 15) is 4.79 Å². The van der Waals surface area contributed by atoms with Crippen LogP contribution in [0.3, 0.4) is 0 Å². The molecule has 0 radical (unpaired) electrons. The molecule has 0 saturated heterocycles. The van der Waals surface area contributed by atoms with Gasteiger partial charge in [0.25, 0.3) is 0 Å². The largest absolute Gasteiger partial charge is 0.486 e. The first-order valence-electron chi connectivity index (χ1n) is 5.79. The van der Waals surface area contributed by atoms with Gasteiger partial charge in [0.05, 0.1) is 0 Å².